The predicted molar refractivity (Wildman–Crippen MR) is 72.2 cm³/mol. The minimum atomic E-state index is -0.657. The van der Waals surface area contributed by atoms with E-state index in [1.165, 1.54) is 19.4 Å². The highest BCUT2D eigenvalue weighted by Crippen LogP contribution is 2.19. The van der Waals surface area contributed by atoms with Crippen LogP contribution in [0.5, 0.6) is 5.88 Å². The third-order valence-electron chi connectivity index (χ3n) is 2.61. The van der Waals surface area contributed by atoms with Crippen LogP contribution in [0.15, 0.2) is 12.3 Å². The van der Waals surface area contributed by atoms with E-state index in [0.29, 0.717) is 5.69 Å². The summed E-state index contributed by atoms with van der Waals surface area (Å²) in [6.07, 6.45) is 1.42. The number of ether oxygens (including phenoxy) is 1. The lowest BCUT2D eigenvalue weighted by atomic mass is 10.2. The molecule has 1 unspecified atom stereocenters. The van der Waals surface area contributed by atoms with Crippen molar-refractivity contribution in [2.45, 2.75) is 6.04 Å². The van der Waals surface area contributed by atoms with Gasteiger partial charge in [0.15, 0.2) is 0 Å². The molecule has 2 rings (SSSR count). The average Bonchev–Trinajstić information content (AvgIpc) is 2.92. The van der Waals surface area contributed by atoms with Gasteiger partial charge in [0.1, 0.15) is 5.56 Å². The molecule has 19 heavy (non-hydrogen) atoms. The zero-order valence-electron chi connectivity index (χ0n) is 10.3. The van der Waals surface area contributed by atoms with Crippen LogP contribution >= 0.6 is 11.8 Å². The molecule has 1 saturated heterocycles. The van der Waals surface area contributed by atoms with Gasteiger partial charge in [-0.15, -0.1) is 11.8 Å². The van der Waals surface area contributed by atoms with Crippen LogP contribution in [0.25, 0.3) is 0 Å². The molecule has 1 atom stereocenters. The molecule has 1 aromatic rings. The number of thioether (sulfide) groups is 1. The van der Waals surface area contributed by atoms with Crippen molar-refractivity contribution in [3.05, 3.63) is 17.8 Å². The second-order valence-corrected chi connectivity index (χ2v) is 4.94. The predicted octanol–water partition coefficient (Wildman–Crippen LogP) is -0.210. The molecule has 8 heteroatoms. The molecule has 2 heterocycles. The molecule has 0 aliphatic carbocycles. The number of anilines is 1. The number of amides is 2. The summed E-state index contributed by atoms with van der Waals surface area (Å²) < 4.78 is 4.93. The lowest BCUT2D eigenvalue weighted by Gasteiger charge is -2.11. The summed E-state index contributed by atoms with van der Waals surface area (Å²) in [6.45, 7) is 0. The van der Waals surface area contributed by atoms with Crippen molar-refractivity contribution >= 4 is 29.3 Å². The van der Waals surface area contributed by atoms with Gasteiger partial charge in [-0.3, -0.25) is 14.9 Å². The van der Waals surface area contributed by atoms with Gasteiger partial charge in [-0.2, -0.15) is 0 Å². The van der Waals surface area contributed by atoms with E-state index >= 15 is 0 Å². The molecule has 1 aromatic heterocycles. The number of methoxy groups -OCH3 is 1. The number of hydrogen-bond acceptors (Lipinski definition) is 6. The summed E-state index contributed by atoms with van der Waals surface area (Å²) >= 11 is 1.65. The van der Waals surface area contributed by atoms with E-state index in [2.05, 4.69) is 15.6 Å². The Bertz CT molecular complexity index is 503. The first-order valence-electron chi connectivity index (χ1n) is 5.57. The molecule has 102 valence electrons. The van der Waals surface area contributed by atoms with Gasteiger partial charge in [0.25, 0.3) is 5.91 Å². The first-order chi connectivity index (χ1) is 9.11. The Morgan fingerprint density at radius 3 is 3.00 bits per heavy atom. The molecule has 0 saturated carbocycles. The third-order valence-corrected chi connectivity index (χ3v) is 3.55. The minimum absolute atomic E-state index is 0.133. The van der Waals surface area contributed by atoms with Gasteiger partial charge >= 0.3 is 0 Å². The van der Waals surface area contributed by atoms with Gasteiger partial charge in [0.05, 0.1) is 25.0 Å². The molecular weight excluding hydrogens is 268 g/mol. The minimum Gasteiger partial charge on any atom is -0.480 e. The highest BCUT2D eigenvalue weighted by atomic mass is 32.2. The van der Waals surface area contributed by atoms with E-state index in [9.17, 15) is 9.59 Å². The van der Waals surface area contributed by atoms with Crippen LogP contribution in [-0.2, 0) is 4.79 Å². The molecule has 0 radical (unpaired) electrons. The van der Waals surface area contributed by atoms with E-state index < -0.39 is 5.91 Å². The zero-order chi connectivity index (χ0) is 13.8. The van der Waals surface area contributed by atoms with E-state index in [0.717, 1.165) is 11.6 Å². The molecule has 0 bridgehead atoms. The summed E-state index contributed by atoms with van der Waals surface area (Å²) in [5.41, 5.74) is 5.77. The molecule has 4 N–H and O–H groups in total. The lowest BCUT2D eigenvalue weighted by Crippen LogP contribution is -2.37. The van der Waals surface area contributed by atoms with Gasteiger partial charge in [-0.25, -0.2) is 4.98 Å². The van der Waals surface area contributed by atoms with Crippen molar-refractivity contribution in [2.24, 2.45) is 5.73 Å². The monoisotopic (exact) mass is 282 g/mol. The number of rotatable bonds is 4. The van der Waals surface area contributed by atoms with Crippen LogP contribution in [0.1, 0.15) is 10.4 Å². The highest BCUT2D eigenvalue weighted by molar-refractivity contribution is 7.99. The first kappa shape index (κ1) is 13.6. The third kappa shape index (κ3) is 3.15. The van der Waals surface area contributed by atoms with Crippen molar-refractivity contribution in [3.8, 4) is 5.88 Å². The maximum absolute atomic E-state index is 11.9. The fourth-order valence-electron chi connectivity index (χ4n) is 1.65. The zero-order valence-corrected chi connectivity index (χ0v) is 11.1. The number of aromatic nitrogens is 1. The normalized spacial score (nSPS) is 18.1. The summed E-state index contributed by atoms with van der Waals surface area (Å²) in [5.74, 6) is 0.797. The van der Waals surface area contributed by atoms with Crippen LogP contribution in [0, 0.1) is 0 Å². The summed E-state index contributed by atoms with van der Waals surface area (Å²) in [6, 6.07) is 1.22. The fourth-order valence-corrected chi connectivity index (χ4v) is 2.59. The molecule has 0 aromatic carbocycles. The molecule has 1 aliphatic heterocycles. The van der Waals surface area contributed by atoms with Crippen molar-refractivity contribution in [1.82, 2.24) is 10.3 Å². The van der Waals surface area contributed by atoms with E-state index in [4.69, 9.17) is 10.5 Å². The Hall–Kier alpha value is -1.80. The summed E-state index contributed by atoms with van der Waals surface area (Å²) in [4.78, 5) is 27.1. The summed E-state index contributed by atoms with van der Waals surface area (Å²) in [5, 5.41) is 5.74. The molecule has 0 spiro atoms. The van der Waals surface area contributed by atoms with Crippen LogP contribution in [0.2, 0.25) is 0 Å². The molecular formula is C11H14N4O3S. The van der Waals surface area contributed by atoms with Crippen molar-refractivity contribution in [3.63, 3.8) is 0 Å². The van der Waals surface area contributed by atoms with Gasteiger partial charge in [-0.1, -0.05) is 0 Å². The quantitative estimate of drug-likeness (QED) is 0.705. The maximum atomic E-state index is 11.9. The maximum Gasteiger partial charge on any atom is 0.254 e. The molecule has 1 fully saturated rings. The Morgan fingerprint density at radius 1 is 1.63 bits per heavy atom. The average molecular weight is 282 g/mol. The van der Waals surface area contributed by atoms with Crippen molar-refractivity contribution in [2.75, 3.05) is 24.1 Å². The van der Waals surface area contributed by atoms with Gasteiger partial charge < -0.3 is 15.8 Å². The van der Waals surface area contributed by atoms with Crippen LogP contribution in [0.3, 0.4) is 0 Å². The molecule has 1 aliphatic rings. The highest BCUT2D eigenvalue weighted by Gasteiger charge is 2.23. The van der Waals surface area contributed by atoms with Crippen LogP contribution < -0.4 is 21.1 Å². The largest absolute Gasteiger partial charge is 0.480 e. The van der Waals surface area contributed by atoms with E-state index in [-0.39, 0.29) is 23.4 Å². The van der Waals surface area contributed by atoms with Crippen LogP contribution in [0.4, 0.5) is 5.69 Å². The number of hydrogen-bond donors (Lipinski definition) is 3. The Kier molecular flexibility index (Phi) is 4.23. The van der Waals surface area contributed by atoms with E-state index in [1.54, 1.807) is 11.8 Å². The number of primary amides is 1. The number of nitrogens with two attached hydrogens (primary N) is 1. The second-order valence-electron chi connectivity index (χ2n) is 3.91. The summed E-state index contributed by atoms with van der Waals surface area (Å²) in [7, 11) is 1.40. The smallest absolute Gasteiger partial charge is 0.254 e. The van der Waals surface area contributed by atoms with Crippen molar-refractivity contribution < 1.29 is 14.3 Å². The number of carbonyl (C=O) groups is 2. The van der Waals surface area contributed by atoms with Gasteiger partial charge in [0, 0.05) is 11.6 Å². The second kappa shape index (κ2) is 5.89. The molecule has 2 amide bonds. The first-order valence-corrected chi connectivity index (χ1v) is 6.73. The van der Waals surface area contributed by atoms with Gasteiger partial charge in [0.2, 0.25) is 11.8 Å². The fraction of sp³-hybridized carbons (Fsp3) is 0.364. The number of nitrogens with zero attached hydrogens (tertiary/aromatic N) is 1. The standard InChI is InChI=1S/C11H14N4O3S/c1-18-11-7(9(12)16)2-6(3-13-11)15-10(17)8-4-19-5-14-8/h2-3,8,14H,4-5H2,1H3,(H2,12,16)(H,15,17). The SMILES string of the molecule is COc1ncc(NC(=O)C2CSCN2)cc1C(N)=O. The number of nitrogens with one attached hydrogen (secondary N) is 2. The Labute approximate surface area is 114 Å². The lowest BCUT2D eigenvalue weighted by molar-refractivity contribution is -0.117. The van der Waals surface area contributed by atoms with E-state index in [1.807, 2.05) is 0 Å². The number of carbonyl (C=O) groups excluding carboxylic acids is 2. The Balaban J connectivity index is 2.14. The molecule has 7 nitrogen and oxygen atoms in total. The topological polar surface area (TPSA) is 106 Å². The number of pyridine rings is 1. The Morgan fingerprint density at radius 2 is 2.42 bits per heavy atom. The van der Waals surface area contributed by atoms with Gasteiger partial charge in [-0.05, 0) is 6.07 Å². The van der Waals surface area contributed by atoms with Crippen molar-refractivity contribution in [1.29, 1.82) is 0 Å². The van der Waals surface area contributed by atoms with Crippen LogP contribution in [-0.4, -0.2) is 41.6 Å².